The van der Waals surface area contributed by atoms with Crippen LogP contribution in [-0.2, 0) is 4.79 Å². The maximum atomic E-state index is 11.1. The number of aromatic nitrogens is 2. The Morgan fingerprint density at radius 2 is 1.76 bits per heavy atom. The van der Waals surface area contributed by atoms with Crippen LogP contribution in [0.15, 0.2) is 36.7 Å². The van der Waals surface area contributed by atoms with E-state index in [4.69, 9.17) is 0 Å². The predicted molar refractivity (Wildman–Crippen MR) is 100.0 cm³/mol. The molecule has 25 heavy (non-hydrogen) atoms. The van der Waals surface area contributed by atoms with Gasteiger partial charge in [0.15, 0.2) is 0 Å². The molecule has 1 aliphatic rings. The summed E-state index contributed by atoms with van der Waals surface area (Å²) >= 11 is 0. The van der Waals surface area contributed by atoms with Crippen LogP contribution in [0.25, 0.3) is 0 Å². The van der Waals surface area contributed by atoms with E-state index in [2.05, 4.69) is 45.0 Å². The molecule has 0 spiro atoms. The topological polar surface area (TPSA) is 78.9 Å². The first-order chi connectivity index (χ1) is 12.1. The van der Waals surface area contributed by atoms with E-state index in [0.717, 1.165) is 43.0 Å². The zero-order valence-corrected chi connectivity index (χ0v) is 14.7. The lowest BCUT2D eigenvalue weighted by Gasteiger charge is -2.29. The van der Waals surface area contributed by atoms with E-state index in [9.17, 15) is 4.79 Å². The Kier molecular flexibility index (Phi) is 5.48. The van der Waals surface area contributed by atoms with E-state index in [-0.39, 0.29) is 5.91 Å². The van der Waals surface area contributed by atoms with Gasteiger partial charge in [-0.25, -0.2) is 9.97 Å². The number of anilines is 3. The molecule has 3 rings (SSSR count). The lowest BCUT2D eigenvalue weighted by Crippen LogP contribution is -2.39. The summed E-state index contributed by atoms with van der Waals surface area (Å²) in [7, 11) is 0. The fraction of sp³-hybridized carbons (Fsp3) is 0.421. The van der Waals surface area contributed by atoms with Crippen molar-refractivity contribution in [2.75, 3.05) is 10.6 Å². The first kappa shape index (κ1) is 17.2. The van der Waals surface area contributed by atoms with E-state index in [0.29, 0.717) is 12.1 Å². The summed E-state index contributed by atoms with van der Waals surface area (Å²) in [6.07, 6.45) is 5.61. The highest BCUT2D eigenvalue weighted by atomic mass is 16.1. The lowest BCUT2D eigenvalue weighted by molar-refractivity contribution is -0.119. The number of nitrogens with one attached hydrogen (secondary N) is 3. The van der Waals surface area contributed by atoms with Crippen LogP contribution in [0, 0.1) is 6.92 Å². The van der Waals surface area contributed by atoms with Crippen molar-refractivity contribution in [3.63, 3.8) is 0 Å². The third-order valence-electron chi connectivity index (χ3n) is 4.44. The van der Waals surface area contributed by atoms with Gasteiger partial charge >= 0.3 is 0 Å². The second-order valence-corrected chi connectivity index (χ2v) is 6.68. The molecule has 0 unspecified atom stereocenters. The molecule has 3 N–H and O–H groups in total. The smallest absolute Gasteiger partial charge is 0.217 e. The highest BCUT2D eigenvalue weighted by Crippen LogP contribution is 2.23. The number of carbonyl (C=O) groups is 1. The largest absolute Gasteiger partial charge is 0.367 e. The Morgan fingerprint density at radius 3 is 2.48 bits per heavy atom. The summed E-state index contributed by atoms with van der Waals surface area (Å²) in [6, 6.07) is 10.8. The van der Waals surface area contributed by atoms with E-state index in [1.165, 1.54) is 5.56 Å². The van der Waals surface area contributed by atoms with Gasteiger partial charge in [0.05, 0.1) is 0 Å². The Balaban J connectivity index is 1.56. The number of amides is 1. The first-order valence-electron chi connectivity index (χ1n) is 8.78. The van der Waals surface area contributed by atoms with Gasteiger partial charge in [-0.15, -0.1) is 0 Å². The maximum Gasteiger partial charge on any atom is 0.217 e. The van der Waals surface area contributed by atoms with E-state index in [1.54, 1.807) is 13.3 Å². The van der Waals surface area contributed by atoms with Gasteiger partial charge in [-0.1, -0.05) is 12.1 Å². The van der Waals surface area contributed by atoms with Crippen molar-refractivity contribution in [1.29, 1.82) is 0 Å². The number of rotatable bonds is 5. The Morgan fingerprint density at radius 1 is 1.04 bits per heavy atom. The van der Waals surface area contributed by atoms with Crippen LogP contribution in [-0.4, -0.2) is 28.0 Å². The number of hydrogen-bond donors (Lipinski definition) is 3. The summed E-state index contributed by atoms with van der Waals surface area (Å²) in [4.78, 5) is 19.8. The Labute approximate surface area is 148 Å². The minimum atomic E-state index is 0.0547. The van der Waals surface area contributed by atoms with Crippen molar-refractivity contribution in [2.24, 2.45) is 0 Å². The highest BCUT2D eigenvalue weighted by Gasteiger charge is 2.21. The lowest BCUT2D eigenvalue weighted by atomic mass is 9.91. The van der Waals surface area contributed by atoms with Crippen molar-refractivity contribution < 1.29 is 4.79 Å². The second kappa shape index (κ2) is 7.96. The minimum absolute atomic E-state index is 0.0547. The molecule has 2 aromatic rings. The monoisotopic (exact) mass is 339 g/mol. The molecule has 0 radical (unpaired) electrons. The molecule has 0 bridgehead atoms. The Bertz CT molecular complexity index is 725. The molecule has 6 heteroatoms. The molecule has 1 aromatic heterocycles. The van der Waals surface area contributed by atoms with Crippen LogP contribution in [0.5, 0.6) is 0 Å². The fourth-order valence-electron chi connectivity index (χ4n) is 3.25. The van der Waals surface area contributed by atoms with Crippen LogP contribution in [0.3, 0.4) is 0 Å². The highest BCUT2D eigenvalue weighted by molar-refractivity contribution is 5.73. The predicted octanol–water partition coefficient (Wildman–Crippen LogP) is 3.39. The van der Waals surface area contributed by atoms with E-state index in [1.807, 2.05) is 18.2 Å². The zero-order valence-electron chi connectivity index (χ0n) is 14.7. The number of benzene rings is 1. The van der Waals surface area contributed by atoms with Crippen molar-refractivity contribution in [2.45, 2.75) is 51.6 Å². The first-order valence-corrected chi connectivity index (χ1v) is 8.78. The molecule has 1 fully saturated rings. The fourth-order valence-corrected chi connectivity index (χ4v) is 3.25. The standard InChI is InChI=1S/C19H25N5O/c1-13-4-3-5-17(10-13)24-19-11-18(20-12-21-19)23-16-8-6-15(7-9-16)22-14(2)25/h3-5,10-12,15-16H,6-9H2,1-2H3,(H,22,25)(H2,20,21,23,24). The van der Waals surface area contributed by atoms with Gasteiger partial charge in [-0.05, 0) is 50.3 Å². The zero-order chi connectivity index (χ0) is 17.6. The van der Waals surface area contributed by atoms with Crippen LogP contribution < -0.4 is 16.0 Å². The molecule has 1 heterocycles. The van der Waals surface area contributed by atoms with Crippen LogP contribution in [0.4, 0.5) is 17.3 Å². The summed E-state index contributed by atoms with van der Waals surface area (Å²) in [5.41, 5.74) is 2.22. The SMILES string of the molecule is CC(=O)NC1CCC(Nc2cc(Nc3cccc(C)c3)ncn2)CC1. The molecule has 1 aromatic carbocycles. The molecule has 0 saturated heterocycles. The molecular formula is C19H25N5O. The molecule has 1 saturated carbocycles. The van der Waals surface area contributed by atoms with Gasteiger partial charge in [0, 0.05) is 30.8 Å². The summed E-state index contributed by atoms with van der Waals surface area (Å²) in [5.74, 6) is 1.65. The van der Waals surface area contributed by atoms with Gasteiger partial charge in [0.2, 0.25) is 5.91 Å². The van der Waals surface area contributed by atoms with Crippen LogP contribution >= 0.6 is 0 Å². The molecule has 1 amide bonds. The van der Waals surface area contributed by atoms with Gasteiger partial charge in [-0.3, -0.25) is 4.79 Å². The number of nitrogens with zero attached hydrogens (tertiary/aromatic N) is 2. The van der Waals surface area contributed by atoms with Crippen LogP contribution in [0.1, 0.15) is 38.2 Å². The average Bonchev–Trinajstić information content (AvgIpc) is 2.57. The van der Waals surface area contributed by atoms with Crippen molar-refractivity contribution >= 4 is 23.2 Å². The molecule has 1 aliphatic carbocycles. The number of carbonyl (C=O) groups excluding carboxylic acids is 1. The molecule has 0 atom stereocenters. The summed E-state index contributed by atoms with van der Waals surface area (Å²) in [6.45, 7) is 3.64. The minimum Gasteiger partial charge on any atom is -0.367 e. The summed E-state index contributed by atoms with van der Waals surface area (Å²) in [5, 5.41) is 9.81. The molecular weight excluding hydrogens is 314 g/mol. The van der Waals surface area contributed by atoms with Crippen molar-refractivity contribution in [1.82, 2.24) is 15.3 Å². The average molecular weight is 339 g/mol. The molecule has 132 valence electrons. The maximum absolute atomic E-state index is 11.1. The normalized spacial score (nSPS) is 19.9. The van der Waals surface area contributed by atoms with E-state index < -0.39 is 0 Å². The van der Waals surface area contributed by atoms with E-state index >= 15 is 0 Å². The molecule has 6 nitrogen and oxygen atoms in total. The molecule has 0 aliphatic heterocycles. The van der Waals surface area contributed by atoms with Gasteiger partial charge in [0.25, 0.3) is 0 Å². The third kappa shape index (κ3) is 5.17. The number of hydrogen-bond acceptors (Lipinski definition) is 5. The van der Waals surface area contributed by atoms with Crippen LogP contribution in [0.2, 0.25) is 0 Å². The third-order valence-corrected chi connectivity index (χ3v) is 4.44. The summed E-state index contributed by atoms with van der Waals surface area (Å²) < 4.78 is 0. The van der Waals surface area contributed by atoms with Gasteiger partial charge < -0.3 is 16.0 Å². The van der Waals surface area contributed by atoms with Gasteiger partial charge in [-0.2, -0.15) is 0 Å². The number of aryl methyl sites for hydroxylation is 1. The Hall–Kier alpha value is -2.63. The van der Waals surface area contributed by atoms with Crippen molar-refractivity contribution in [3.05, 3.63) is 42.2 Å². The quantitative estimate of drug-likeness (QED) is 0.778. The van der Waals surface area contributed by atoms with Crippen molar-refractivity contribution in [3.8, 4) is 0 Å². The van der Waals surface area contributed by atoms with Gasteiger partial charge in [0.1, 0.15) is 18.0 Å². The second-order valence-electron chi connectivity index (χ2n) is 6.68.